The zero-order valence-corrected chi connectivity index (χ0v) is 15.7. The molecule has 6 unspecified atom stereocenters. The summed E-state index contributed by atoms with van der Waals surface area (Å²) < 4.78 is 0. The monoisotopic (exact) mass is 328 g/mol. The Bertz CT molecular complexity index is 644. The normalized spacial score (nSPS) is 50.3. The van der Waals surface area contributed by atoms with E-state index in [9.17, 15) is 9.90 Å². The van der Waals surface area contributed by atoms with Gasteiger partial charge in [0.25, 0.3) is 0 Å². The number of rotatable bonds is 1. The van der Waals surface area contributed by atoms with Crippen molar-refractivity contribution >= 4 is 5.78 Å². The van der Waals surface area contributed by atoms with Crippen molar-refractivity contribution in [2.75, 3.05) is 0 Å². The molecule has 0 aromatic heterocycles. The molecule has 2 saturated carbocycles. The van der Waals surface area contributed by atoms with Crippen molar-refractivity contribution in [3.05, 3.63) is 23.3 Å². The number of ketones is 1. The highest BCUT2D eigenvalue weighted by molar-refractivity contribution is 5.95. The van der Waals surface area contributed by atoms with Gasteiger partial charge in [-0.15, -0.1) is 0 Å². The zero-order chi connectivity index (χ0) is 17.3. The van der Waals surface area contributed by atoms with Crippen LogP contribution < -0.4 is 0 Å². The summed E-state index contributed by atoms with van der Waals surface area (Å²) in [5.74, 6) is 1.82. The fourth-order valence-corrected chi connectivity index (χ4v) is 6.91. The Hall–Kier alpha value is -0.890. The van der Waals surface area contributed by atoms with Gasteiger partial charge in [-0.3, -0.25) is 4.79 Å². The van der Waals surface area contributed by atoms with E-state index in [1.807, 2.05) is 0 Å². The van der Waals surface area contributed by atoms with Gasteiger partial charge in [-0.2, -0.15) is 0 Å². The fraction of sp³-hybridized carbons (Fsp3) is 0.773. The van der Waals surface area contributed by atoms with Crippen LogP contribution in [0.1, 0.15) is 72.6 Å². The molecule has 0 aromatic rings. The van der Waals surface area contributed by atoms with Gasteiger partial charge in [0.15, 0.2) is 5.78 Å². The minimum Gasteiger partial charge on any atom is -0.388 e. The van der Waals surface area contributed by atoms with Gasteiger partial charge in [-0.25, -0.2) is 0 Å². The molecule has 2 nitrogen and oxygen atoms in total. The van der Waals surface area contributed by atoms with Crippen molar-refractivity contribution in [3.63, 3.8) is 0 Å². The Morgan fingerprint density at radius 3 is 2.62 bits per heavy atom. The van der Waals surface area contributed by atoms with E-state index in [4.69, 9.17) is 0 Å². The predicted octanol–water partition coefficient (Wildman–Crippen LogP) is 4.83. The molecule has 2 heteroatoms. The van der Waals surface area contributed by atoms with E-state index >= 15 is 0 Å². The third kappa shape index (κ3) is 1.90. The fourth-order valence-electron chi connectivity index (χ4n) is 6.91. The maximum atomic E-state index is 12.1. The molecule has 0 amide bonds. The Morgan fingerprint density at radius 2 is 1.92 bits per heavy atom. The van der Waals surface area contributed by atoms with Crippen LogP contribution in [0.25, 0.3) is 0 Å². The van der Waals surface area contributed by atoms with Crippen molar-refractivity contribution in [1.29, 1.82) is 0 Å². The lowest BCUT2D eigenvalue weighted by atomic mass is 9.45. The molecule has 0 aliphatic heterocycles. The van der Waals surface area contributed by atoms with Crippen molar-refractivity contribution in [3.8, 4) is 0 Å². The summed E-state index contributed by atoms with van der Waals surface area (Å²) in [6.07, 6.45) is 12.1. The molecule has 24 heavy (non-hydrogen) atoms. The molecule has 1 N–H and O–H groups in total. The number of Topliss-reactive ketones (excluding diaryl/α,β-unsaturated/α-hetero) is 1. The van der Waals surface area contributed by atoms with Gasteiger partial charge < -0.3 is 5.11 Å². The maximum absolute atomic E-state index is 12.1. The maximum Gasteiger partial charge on any atom is 0.156 e. The Labute approximate surface area is 146 Å². The number of allylic oxidation sites excluding steroid dienone is 2. The highest BCUT2D eigenvalue weighted by atomic mass is 16.3. The Kier molecular flexibility index (Phi) is 3.50. The van der Waals surface area contributed by atoms with Gasteiger partial charge in [0.05, 0.1) is 5.60 Å². The first kappa shape index (κ1) is 16.6. The average Bonchev–Trinajstić information content (AvgIpc) is 2.80. The highest BCUT2D eigenvalue weighted by Crippen LogP contribution is 2.66. The molecule has 0 spiro atoms. The van der Waals surface area contributed by atoms with Crippen LogP contribution in [0.3, 0.4) is 0 Å². The van der Waals surface area contributed by atoms with E-state index in [0.717, 1.165) is 30.8 Å². The number of carbonyl (C=O) groups excluding carboxylic acids is 1. The van der Waals surface area contributed by atoms with Crippen LogP contribution in [0, 0.1) is 28.6 Å². The lowest BCUT2D eigenvalue weighted by Gasteiger charge is -2.61. The van der Waals surface area contributed by atoms with E-state index in [-0.39, 0.29) is 16.6 Å². The number of fused-ring (bicyclic) bond motifs is 5. The average molecular weight is 328 g/mol. The molecular weight excluding hydrogens is 296 g/mol. The van der Waals surface area contributed by atoms with Crippen molar-refractivity contribution < 1.29 is 9.90 Å². The smallest absolute Gasteiger partial charge is 0.156 e. The van der Waals surface area contributed by atoms with Gasteiger partial charge in [0.2, 0.25) is 0 Å². The first-order valence-electron chi connectivity index (χ1n) is 9.86. The van der Waals surface area contributed by atoms with E-state index in [2.05, 4.69) is 32.9 Å². The van der Waals surface area contributed by atoms with Crippen LogP contribution in [-0.2, 0) is 4.79 Å². The second kappa shape index (κ2) is 5.06. The minimum absolute atomic E-state index is 0.150. The van der Waals surface area contributed by atoms with E-state index in [0.29, 0.717) is 18.3 Å². The molecule has 0 aromatic carbocycles. The van der Waals surface area contributed by atoms with E-state index in [1.54, 1.807) is 12.5 Å². The zero-order valence-electron chi connectivity index (χ0n) is 15.7. The summed E-state index contributed by atoms with van der Waals surface area (Å²) in [7, 11) is 0. The van der Waals surface area contributed by atoms with Crippen LogP contribution in [0.2, 0.25) is 0 Å². The number of hydrogen-bond acceptors (Lipinski definition) is 2. The summed E-state index contributed by atoms with van der Waals surface area (Å²) in [5.41, 5.74) is 1.74. The number of aliphatic hydroxyl groups is 1. The Morgan fingerprint density at radius 1 is 1.17 bits per heavy atom. The molecular formula is C22H32O2. The van der Waals surface area contributed by atoms with Crippen LogP contribution in [0.4, 0.5) is 0 Å². The first-order chi connectivity index (χ1) is 11.2. The number of hydrogen-bond donors (Lipinski definition) is 1. The SMILES string of the molecule is CC(=O)C1=CCC2(O)C3CC=C4CC(C)CCC4(C)C3CCC12C. The van der Waals surface area contributed by atoms with Gasteiger partial charge in [-0.1, -0.05) is 38.5 Å². The summed E-state index contributed by atoms with van der Waals surface area (Å²) in [6.45, 7) is 8.64. The molecule has 4 aliphatic carbocycles. The number of carbonyl (C=O) groups is 1. The Balaban J connectivity index is 1.73. The topological polar surface area (TPSA) is 37.3 Å². The van der Waals surface area contributed by atoms with Gasteiger partial charge in [-0.05, 0) is 80.6 Å². The largest absolute Gasteiger partial charge is 0.388 e. The second-order valence-electron chi connectivity index (χ2n) is 9.62. The highest BCUT2D eigenvalue weighted by Gasteiger charge is 2.64. The van der Waals surface area contributed by atoms with E-state index in [1.165, 1.54) is 19.3 Å². The minimum atomic E-state index is -0.731. The summed E-state index contributed by atoms with van der Waals surface area (Å²) in [6, 6.07) is 0. The lowest BCUT2D eigenvalue weighted by molar-refractivity contribution is -0.163. The van der Waals surface area contributed by atoms with Crippen molar-refractivity contribution in [2.24, 2.45) is 28.6 Å². The van der Waals surface area contributed by atoms with E-state index < -0.39 is 5.60 Å². The second-order valence-corrected chi connectivity index (χ2v) is 9.62. The summed E-state index contributed by atoms with van der Waals surface area (Å²) >= 11 is 0. The molecule has 4 rings (SSSR count). The predicted molar refractivity (Wildman–Crippen MR) is 96.5 cm³/mol. The molecule has 0 heterocycles. The van der Waals surface area contributed by atoms with Gasteiger partial charge in [0.1, 0.15) is 0 Å². The van der Waals surface area contributed by atoms with Crippen LogP contribution >= 0.6 is 0 Å². The van der Waals surface area contributed by atoms with Crippen molar-refractivity contribution in [1.82, 2.24) is 0 Å². The molecule has 2 fully saturated rings. The molecule has 0 saturated heterocycles. The third-order valence-electron chi connectivity index (χ3n) is 8.50. The third-order valence-corrected chi connectivity index (χ3v) is 8.50. The van der Waals surface area contributed by atoms with Crippen LogP contribution in [0.5, 0.6) is 0 Å². The quantitative estimate of drug-likeness (QED) is 0.700. The van der Waals surface area contributed by atoms with Gasteiger partial charge in [0, 0.05) is 5.41 Å². The molecule has 0 radical (unpaired) electrons. The van der Waals surface area contributed by atoms with Gasteiger partial charge >= 0.3 is 0 Å². The molecule has 6 atom stereocenters. The summed E-state index contributed by atoms with van der Waals surface area (Å²) in [5, 5.41) is 11.8. The van der Waals surface area contributed by atoms with Crippen molar-refractivity contribution in [2.45, 2.75) is 78.2 Å². The van der Waals surface area contributed by atoms with Crippen LogP contribution in [0.15, 0.2) is 23.3 Å². The molecule has 4 aliphatic rings. The lowest BCUT2D eigenvalue weighted by Crippen LogP contribution is -2.60. The summed E-state index contributed by atoms with van der Waals surface area (Å²) in [4.78, 5) is 12.1. The first-order valence-corrected chi connectivity index (χ1v) is 9.86. The molecule has 132 valence electrons. The standard InChI is InChI=1S/C22H32O2/c1-14-7-10-20(3)16(13-14)5-6-19-18(20)8-11-21(4)17(15(2)23)9-12-22(19,21)24/h5,9,14,18-19,24H,6-8,10-13H2,1-4H3. The molecule has 0 bridgehead atoms. The van der Waals surface area contributed by atoms with Crippen LogP contribution in [-0.4, -0.2) is 16.5 Å².